The van der Waals surface area contributed by atoms with Crippen molar-refractivity contribution in [3.8, 4) is 0 Å². The maximum absolute atomic E-state index is 11.6. The zero-order valence-corrected chi connectivity index (χ0v) is 9.04. The van der Waals surface area contributed by atoms with Crippen molar-refractivity contribution in [1.82, 2.24) is 4.72 Å². The molecule has 0 amide bonds. The Kier molecular flexibility index (Phi) is 3.80. The van der Waals surface area contributed by atoms with Crippen LogP contribution in [0.25, 0.3) is 0 Å². The Hall–Kier alpha value is -1.42. The van der Waals surface area contributed by atoms with Gasteiger partial charge >= 0.3 is 0 Å². The fourth-order valence-electron chi connectivity index (χ4n) is 0.994. The van der Waals surface area contributed by atoms with Gasteiger partial charge in [0.25, 0.3) is 0 Å². The van der Waals surface area contributed by atoms with Gasteiger partial charge in [-0.2, -0.15) is 0 Å². The molecule has 1 rings (SSSR count). The van der Waals surface area contributed by atoms with Gasteiger partial charge in [0.05, 0.1) is 4.90 Å². The number of hydrogen-bond acceptors (Lipinski definition) is 3. The van der Waals surface area contributed by atoms with Crippen molar-refractivity contribution in [3.05, 3.63) is 35.9 Å². The maximum Gasteiger partial charge on any atom is 0.240 e. The van der Waals surface area contributed by atoms with E-state index in [2.05, 4.69) is 4.72 Å². The molecule has 0 saturated carbocycles. The van der Waals surface area contributed by atoms with E-state index in [0.29, 0.717) is 0 Å². The Morgan fingerprint density at radius 2 is 1.93 bits per heavy atom. The van der Waals surface area contributed by atoms with Crippen LogP contribution in [0.4, 0.5) is 0 Å². The van der Waals surface area contributed by atoms with Gasteiger partial charge in [-0.25, -0.2) is 17.9 Å². The Balaban J connectivity index is 2.86. The summed E-state index contributed by atoms with van der Waals surface area (Å²) in [7, 11) is -3.51. The van der Waals surface area contributed by atoms with Crippen molar-refractivity contribution in [3.63, 3.8) is 0 Å². The van der Waals surface area contributed by atoms with E-state index in [9.17, 15) is 13.2 Å². The zero-order chi connectivity index (χ0) is 11.3. The van der Waals surface area contributed by atoms with Gasteiger partial charge in [-0.05, 0) is 19.1 Å². The summed E-state index contributed by atoms with van der Waals surface area (Å²) >= 11 is 0. The van der Waals surface area contributed by atoms with Crippen LogP contribution in [0, 0.1) is 6.92 Å². The first kappa shape index (κ1) is 11.7. The van der Waals surface area contributed by atoms with Crippen molar-refractivity contribution in [2.45, 2.75) is 11.8 Å². The highest BCUT2D eigenvalue weighted by Crippen LogP contribution is 2.09. The van der Waals surface area contributed by atoms with Gasteiger partial charge < -0.3 is 0 Å². The monoisotopic (exact) mass is 225 g/mol. The number of aryl methyl sites for hydroxylation is 1. The smallest absolute Gasteiger partial charge is 0.234 e. The van der Waals surface area contributed by atoms with E-state index in [0.717, 1.165) is 11.6 Å². The molecule has 15 heavy (non-hydrogen) atoms. The van der Waals surface area contributed by atoms with Crippen LogP contribution in [0.2, 0.25) is 0 Å². The minimum Gasteiger partial charge on any atom is -0.234 e. The summed E-state index contributed by atoms with van der Waals surface area (Å²) < 4.78 is 25.4. The molecule has 0 unspecified atom stereocenters. The molecule has 0 aliphatic rings. The lowest BCUT2D eigenvalue weighted by Gasteiger charge is -2.03. The molecule has 1 aromatic carbocycles. The summed E-state index contributed by atoms with van der Waals surface area (Å²) in [5, 5.41) is 0. The minimum absolute atomic E-state index is 0.0420. The van der Waals surface area contributed by atoms with Crippen LogP contribution in [-0.2, 0) is 14.8 Å². The third-order valence-corrected chi connectivity index (χ3v) is 3.23. The first-order valence-electron chi connectivity index (χ1n) is 4.32. The molecular weight excluding hydrogens is 214 g/mol. The first-order chi connectivity index (χ1) is 7.06. The second-order valence-corrected chi connectivity index (χ2v) is 4.75. The molecule has 0 fully saturated rings. The quantitative estimate of drug-likeness (QED) is 0.766. The van der Waals surface area contributed by atoms with E-state index in [-0.39, 0.29) is 11.4 Å². The van der Waals surface area contributed by atoms with Crippen molar-refractivity contribution in [2.75, 3.05) is 6.54 Å². The van der Waals surface area contributed by atoms with Crippen LogP contribution in [0.15, 0.2) is 35.2 Å². The van der Waals surface area contributed by atoms with E-state index in [4.69, 9.17) is 0 Å². The first-order valence-corrected chi connectivity index (χ1v) is 5.80. The van der Waals surface area contributed by atoms with Crippen LogP contribution >= 0.6 is 0 Å². The van der Waals surface area contributed by atoms with Gasteiger partial charge in [-0.15, -0.1) is 0 Å². The molecule has 80 valence electrons. The van der Waals surface area contributed by atoms with Crippen molar-refractivity contribution in [1.29, 1.82) is 0 Å². The molecule has 0 atom stereocenters. The SMILES string of the molecule is Cc1ccc(S(=O)(=O)NCC=C=O)cc1. The largest absolute Gasteiger partial charge is 0.240 e. The van der Waals surface area contributed by atoms with Gasteiger partial charge in [0.1, 0.15) is 5.94 Å². The number of rotatable bonds is 4. The van der Waals surface area contributed by atoms with Crippen LogP contribution in [-0.4, -0.2) is 20.9 Å². The van der Waals surface area contributed by atoms with E-state index >= 15 is 0 Å². The average Bonchev–Trinajstić information content (AvgIpc) is 2.18. The summed E-state index contributed by atoms with van der Waals surface area (Å²) in [4.78, 5) is 10.0. The van der Waals surface area contributed by atoms with Crippen LogP contribution < -0.4 is 4.72 Å². The lowest BCUT2D eigenvalue weighted by Crippen LogP contribution is -2.23. The second kappa shape index (κ2) is 4.89. The fourth-order valence-corrected chi connectivity index (χ4v) is 1.96. The molecule has 0 aliphatic heterocycles. The molecule has 0 saturated heterocycles. The van der Waals surface area contributed by atoms with E-state index in [1.54, 1.807) is 12.1 Å². The molecule has 0 heterocycles. The highest BCUT2D eigenvalue weighted by Gasteiger charge is 2.11. The molecule has 5 heteroatoms. The molecule has 1 N–H and O–H groups in total. The standard InChI is InChI=1S/C10H11NO3S/c1-9-3-5-10(6-4-9)15(13,14)11-7-2-8-12/h2-6,11H,7H2,1H3. The number of sulfonamides is 1. The van der Waals surface area contributed by atoms with Crippen molar-refractivity contribution in [2.24, 2.45) is 0 Å². The van der Waals surface area contributed by atoms with Gasteiger partial charge in [-0.1, -0.05) is 17.7 Å². The van der Waals surface area contributed by atoms with E-state index in [1.807, 2.05) is 6.92 Å². The predicted octanol–water partition coefficient (Wildman–Crippen LogP) is 0.661. The summed E-state index contributed by atoms with van der Waals surface area (Å²) in [6.07, 6.45) is 1.08. The van der Waals surface area contributed by atoms with Crippen molar-refractivity contribution < 1.29 is 13.2 Å². The predicted molar refractivity (Wildman–Crippen MR) is 56.6 cm³/mol. The summed E-state index contributed by atoms with van der Waals surface area (Å²) in [6.45, 7) is 1.83. The zero-order valence-electron chi connectivity index (χ0n) is 8.23. The molecule has 0 spiro atoms. The molecule has 0 radical (unpaired) electrons. The summed E-state index contributed by atoms with van der Waals surface area (Å²) in [6, 6.07) is 6.46. The highest BCUT2D eigenvalue weighted by atomic mass is 32.2. The van der Waals surface area contributed by atoms with Gasteiger partial charge in [0, 0.05) is 12.6 Å². The minimum atomic E-state index is -3.51. The summed E-state index contributed by atoms with van der Waals surface area (Å²) in [5.41, 5.74) is 0.988. The van der Waals surface area contributed by atoms with Gasteiger partial charge in [0.2, 0.25) is 10.0 Å². The normalized spacial score (nSPS) is 10.7. The topological polar surface area (TPSA) is 63.2 Å². The number of hydrogen-bond donors (Lipinski definition) is 1. The molecule has 0 aromatic heterocycles. The van der Waals surface area contributed by atoms with E-state index < -0.39 is 10.0 Å². The molecule has 1 aromatic rings. The van der Waals surface area contributed by atoms with E-state index in [1.165, 1.54) is 18.1 Å². The Morgan fingerprint density at radius 3 is 2.47 bits per heavy atom. The lowest BCUT2D eigenvalue weighted by molar-refractivity contribution is 0.568. The Morgan fingerprint density at radius 1 is 1.33 bits per heavy atom. The van der Waals surface area contributed by atoms with Gasteiger partial charge in [-0.3, -0.25) is 0 Å². The maximum atomic E-state index is 11.6. The Bertz CT molecular complexity index is 470. The van der Waals surface area contributed by atoms with Crippen LogP contribution in [0.5, 0.6) is 0 Å². The number of benzene rings is 1. The average molecular weight is 225 g/mol. The summed E-state index contributed by atoms with van der Waals surface area (Å²) in [5.74, 6) is 1.50. The van der Waals surface area contributed by atoms with Gasteiger partial charge in [0.15, 0.2) is 0 Å². The fraction of sp³-hybridized carbons (Fsp3) is 0.200. The van der Waals surface area contributed by atoms with Crippen LogP contribution in [0.3, 0.4) is 0 Å². The third kappa shape index (κ3) is 3.32. The molecule has 4 nitrogen and oxygen atoms in total. The Labute approximate surface area is 88.7 Å². The number of carbonyl (C=O) groups excluding carboxylic acids is 1. The third-order valence-electron chi connectivity index (χ3n) is 1.79. The molecular formula is C10H11NO3S. The lowest BCUT2D eigenvalue weighted by atomic mass is 10.2. The highest BCUT2D eigenvalue weighted by molar-refractivity contribution is 7.89. The molecule has 0 bridgehead atoms. The van der Waals surface area contributed by atoms with Crippen molar-refractivity contribution >= 4 is 16.0 Å². The van der Waals surface area contributed by atoms with Crippen LogP contribution in [0.1, 0.15) is 5.56 Å². The number of nitrogens with one attached hydrogen (secondary N) is 1. The second-order valence-electron chi connectivity index (χ2n) is 2.99. The molecule has 0 aliphatic carbocycles.